The molecule has 0 aromatic heterocycles. The van der Waals surface area contributed by atoms with Gasteiger partial charge in [-0.05, 0) is 31.6 Å². The zero-order valence-corrected chi connectivity index (χ0v) is 13.1. The van der Waals surface area contributed by atoms with Gasteiger partial charge in [0.05, 0.1) is 6.04 Å². The fourth-order valence-corrected chi connectivity index (χ4v) is 3.20. The van der Waals surface area contributed by atoms with Crippen LogP contribution in [0.3, 0.4) is 0 Å². The molecule has 1 rings (SSSR count). The van der Waals surface area contributed by atoms with Crippen molar-refractivity contribution in [2.24, 2.45) is 5.92 Å². The first-order valence-corrected chi connectivity index (χ1v) is 8.05. The second kappa shape index (κ2) is 7.76. The number of ether oxygens (including phenoxy) is 1. The van der Waals surface area contributed by atoms with Gasteiger partial charge in [-0.3, -0.25) is 0 Å². The molecule has 0 spiro atoms. The number of carbonyl (C=O) groups excluding carboxylic acids is 1. The van der Waals surface area contributed by atoms with E-state index in [1.54, 1.807) is 0 Å². The summed E-state index contributed by atoms with van der Waals surface area (Å²) in [6.45, 7) is 8.77. The Labute approximate surface area is 118 Å². The van der Waals surface area contributed by atoms with Gasteiger partial charge in [0.15, 0.2) is 0 Å². The zero-order chi connectivity index (χ0) is 14.3. The maximum atomic E-state index is 11.7. The third-order valence-corrected chi connectivity index (χ3v) is 4.21. The molecule has 0 radical (unpaired) electrons. The van der Waals surface area contributed by atoms with E-state index in [1.165, 1.54) is 25.7 Å². The standard InChI is InChI=1S/C16H31NO2/c1-5-7-9-11-16(12-10-8-6-2)14(13(3)4)17-15(18)19-16/h13-14H,5-12H2,1-4H3,(H,17,18)/t14-/m0/s1. The van der Waals surface area contributed by atoms with Crippen molar-refractivity contribution < 1.29 is 9.53 Å². The molecular weight excluding hydrogens is 238 g/mol. The van der Waals surface area contributed by atoms with Crippen molar-refractivity contribution >= 4 is 6.09 Å². The summed E-state index contributed by atoms with van der Waals surface area (Å²) in [6.07, 6.45) is 8.96. The Hall–Kier alpha value is -0.730. The van der Waals surface area contributed by atoms with E-state index in [0.29, 0.717) is 5.92 Å². The van der Waals surface area contributed by atoms with Crippen molar-refractivity contribution in [2.45, 2.75) is 90.7 Å². The number of rotatable bonds is 9. The van der Waals surface area contributed by atoms with Crippen LogP contribution in [0.5, 0.6) is 0 Å². The molecule has 1 aliphatic heterocycles. The molecule has 19 heavy (non-hydrogen) atoms. The van der Waals surface area contributed by atoms with Crippen LogP contribution in [0.1, 0.15) is 79.1 Å². The van der Waals surface area contributed by atoms with Crippen LogP contribution in [0.4, 0.5) is 4.79 Å². The minimum atomic E-state index is -0.254. The molecular formula is C16H31NO2. The van der Waals surface area contributed by atoms with E-state index in [9.17, 15) is 4.79 Å². The Morgan fingerprint density at radius 3 is 2.05 bits per heavy atom. The van der Waals surface area contributed by atoms with E-state index in [1.807, 2.05) is 0 Å². The maximum Gasteiger partial charge on any atom is 0.408 e. The van der Waals surface area contributed by atoms with Crippen molar-refractivity contribution in [1.29, 1.82) is 0 Å². The van der Waals surface area contributed by atoms with E-state index in [4.69, 9.17) is 4.74 Å². The van der Waals surface area contributed by atoms with Gasteiger partial charge < -0.3 is 10.1 Å². The summed E-state index contributed by atoms with van der Waals surface area (Å²) in [7, 11) is 0. The van der Waals surface area contributed by atoms with Crippen LogP contribution < -0.4 is 5.32 Å². The number of cyclic esters (lactones) is 1. The van der Waals surface area contributed by atoms with Gasteiger partial charge in [-0.2, -0.15) is 0 Å². The minimum Gasteiger partial charge on any atom is -0.441 e. The lowest BCUT2D eigenvalue weighted by Gasteiger charge is -2.35. The van der Waals surface area contributed by atoms with Crippen LogP contribution in [-0.2, 0) is 4.74 Å². The molecule has 0 aromatic rings. The topological polar surface area (TPSA) is 38.3 Å². The average molecular weight is 269 g/mol. The van der Waals surface area contributed by atoms with Crippen molar-refractivity contribution in [2.75, 3.05) is 0 Å². The highest BCUT2D eigenvalue weighted by molar-refractivity contribution is 5.71. The van der Waals surface area contributed by atoms with Crippen LogP contribution in [0.2, 0.25) is 0 Å². The molecule has 1 atom stereocenters. The Balaban J connectivity index is 2.73. The van der Waals surface area contributed by atoms with Crippen molar-refractivity contribution in [3.63, 3.8) is 0 Å². The molecule has 0 aliphatic carbocycles. The molecule has 1 fully saturated rings. The summed E-state index contributed by atoms with van der Waals surface area (Å²) in [5.41, 5.74) is -0.254. The predicted octanol–water partition coefficient (Wildman–Crippen LogP) is 4.65. The van der Waals surface area contributed by atoms with Crippen LogP contribution in [0.15, 0.2) is 0 Å². The molecule has 1 amide bonds. The monoisotopic (exact) mass is 269 g/mol. The maximum absolute atomic E-state index is 11.7. The number of nitrogens with one attached hydrogen (secondary N) is 1. The molecule has 1 aliphatic rings. The molecule has 1 saturated heterocycles. The first kappa shape index (κ1) is 16.3. The van der Waals surface area contributed by atoms with Crippen LogP contribution >= 0.6 is 0 Å². The summed E-state index contributed by atoms with van der Waals surface area (Å²) in [4.78, 5) is 11.7. The summed E-state index contributed by atoms with van der Waals surface area (Å²) in [5, 5.41) is 3.04. The number of alkyl carbamates (subject to hydrolysis) is 1. The first-order valence-electron chi connectivity index (χ1n) is 8.05. The number of hydrogen-bond acceptors (Lipinski definition) is 2. The van der Waals surface area contributed by atoms with Gasteiger partial charge in [-0.1, -0.05) is 53.4 Å². The van der Waals surface area contributed by atoms with Crippen LogP contribution in [0, 0.1) is 5.92 Å². The summed E-state index contributed by atoms with van der Waals surface area (Å²) >= 11 is 0. The van der Waals surface area contributed by atoms with Crippen molar-refractivity contribution in [3.05, 3.63) is 0 Å². The van der Waals surface area contributed by atoms with E-state index >= 15 is 0 Å². The number of unbranched alkanes of at least 4 members (excludes halogenated alkanes) is 4. The van der Waals surface area contributed by atoms with Crippen LogP contribution in [-0.4, -0.2) is 17.7 Å². The highest BCUT2D eigenvalue weighted by Gasteiger charge is 2.49. The second-order valence-corrected chi connectivity index (χ2v) is 6.23. The third-order valence-electron chi connectivity index (χ3n) is 4.21. The van der Waals surface area contributed by atoms with Gasteiger partial charge in [-0.15, -0.1) is 0 Å². The SMILES string of the molecule is CCCCCC1(CCCCC)OC(=O)N[C@H]1C(C)C. The van der Waals surface area contributed by atoms with E-state index in [0.717, 1.165) is 25.7 Å². The van der Waals surface area contributed by atoms with Gasteiger partial charge in [-0.25, -0.2) is 4.79 Å². The second-order valence-electron chi connectivity index (χ2n) is 6.23. The zero-order valence-electron chi connectivity index (χ0n) is 13.1. The molecule has 0 unspecified atom stereocenters. The van der Waals surface area contributed by atoms with Gasteiger partial charge in [0.25, 0.3) is 0 Å². The smallest absolute Gasteiger partial charge is 0.408 e. The lowest BCUT2D eigenvalue weighted by atomic mass is 9.79. The number of amides is 1. The van der Waals surface area contributed by atoms with E-state index in [2.05, 4.69) is 33.0 Å². The molecule has 1 N–H and O–H groups in total. The molecule has 0 bridgehead atoms. The molecule has 0 aromatic carbocycles. The normalized spacial score (nSPS) is 21.5. The Morgan fingerprint density at radius 2 is 1.63 bits per heavy atom. The Bertz CT molecular complexity index is 266. The minimum absolute atomic E-state index is 0.175. The Morgan fingerprint density at radius 1 is 1.11 bits per heavy atom. The summed E-state index contributed by atoms with van der Waals surface area (Å²) in [6, 6.07) is 0.175. The van der Waals surface area contributed by atoms with Gasteiger partial charge in [0, 0.05) is 0 Å². The average Bonchev–Trinajstić information content (AvgIpc) is 2.68. The first-order chi connectivity index (χ1) is 9.05. The molecule has 0 saturated carbocycles. The fourth-order valence-electron chi connectivity index (χ4n) is 3.20. The molecule has 3 heteroatoms. The highest BCUT2D eigenvalue weighted by atomic mass is 16.6. The number of carbonyl (C=O) groups is 1. The van der Waals surface area contributed by atoms with E-state index in [-0.39, 0.29) is 17.7 Å². The molecule has 3 nitrogen and oxygen atoms in total. The number of hydrogen-bond donors (Lipinski definition) is 1. The summed E-state index contributed by atoms with van der Waals surface area (Å²) < 4.78 is 5.77. The third kappa shape index (κ3) is 4.39. The van der Waals surface area contributed by atoms with Crippen molar-refractivity contribution in [1.82, 2.24) is 5.32 Å². The quantitative estimate of drug-likeness (QED) is 0.619. The lowest BCUT2D eigenvalue weighted by Crippen LogP contribution is -2.47. The largest absolute Gasteiger partial charge is 0.441 e. The highest BCUT2D eigenvalue weighted by Crippen LogP contribution is 2.37. The van der Waals surface area contributed by atoms with E-state index < -0.39 is 0 Å². The predicted molar refractivity (Wildman–Crippen MR) is 79.3 cm³/mol. The van der Waals surface area contributed by atoms with Crippen molar-refractivity contribution in [3.8, 4) is 0 Å². The van der Waals surface area contributed by atoms with Gasteiger partial charge in [0.1, 0.15) is 5.60 Å². The molecule has 1 heterocycles. The van der Waals surface area contributed by atoms with Gasteiger partial charge in [0.2, 0.25) is 0 Å². The lowest BCUT2D eigenvalue weighted by molar-refractivity contribution is 0.00708. The molecule has 112 valence electrons. The summed E-state index contributed by atoms with van der Waals surface area (Å²) in [5.74, 6) is 0.426. The Kier molecular flexibility index (Phi) is 6.67. The fraction of sp³-hybridized carbons (Fsp3) is 0.938. The van der Waals surface area contributed by atoms with Gasteiger partial charge >= 0.3 is 6.09 Å². The van der Waals surface area contributed by atoms with Crippen LogP contribution in [0.25, 0.3) is 0 Å².